The quantitative estimate of drug-likeness (QED) is 0.431. The van der Waals surface area contributed by atoms with Crippen LogP contribution in [0.2, 0.25) is 13.1 Å². The van der Waals surface area contributed by atoms with Crippen LogP contribution in [0, 0.1) is 0 Å². The average molecular weight is 217 g/mol. The molecule has 1 N–H and O–H groups in total. The van der Waals surface area contributed by atoms with Crippen LogP contribution < -0.4 is 5.48 Å². The molecule has 0 saturated heterocycles. The largest absolute Gasteiger partial charge is 0.448 e. The molecule has 0 fully saturated rings. The molecule has 0 heterocycles. The third-order valence-corrected chi connectivity index (χ3v) is 3.09. The molecule has 6 heteroatoms. The van der Waals surface area contributed by atoms with Gasteiger partial charge in [-0.15, -0.1) is 5.48 Å². The standard InChI is InChI=1S/C8H15NO4Si/c1-5-12-8(11)9-13-7(10)6(2)14(3)4/h14H,2,5H2,1,3-4H3,(H,9,11). The van der Waals surface area contributed by atoms with E-state index < -0.39 is 20.9 Å². The molecule has 0 unspecified atom stereocenters. The van der Waals surface area contributed by atoms with Gasteiger partial charge in [-0.05, 0) is 6.92 Å². The second kappa shape index (κ2) is 6.20. The number of amides is 1. The molecule has 0 radical (unpaired) electrons. The van der Waals surface area contributed by atoms with Gasteiger partial charge in [0.25, 0.3) is 0 Å². The van der Waals surface area contributed by atoms with Crippen molar-refractivity contribution in [2.45, 2.75) is 20.0 Å². The summed E-state index contributed by atoms with van der Waals surface area (Å²) in [6.45, 7) is 9.33. The lowest BCUT2D eigenvalue weighted by Gasteiger charge is -2.08. The molecule has 0 aliphatic heterocycles. The van der Waals surface area contributed by atoms with Gasteiger partial charge in [-0.1, -0.05) is 19.7 Å². The summed E-state index contributed by atoms with van der Waals surface area (Å²) in [5.41, 5.74) is 1.87. The van der Waals surface area contributed by atoms with Crippen LogP contribution in [0.1, 0.15) is 6.92 Å². The SMILES string of the molecule is C=C(C(=O)ONC(=O)OCC)[SiH](C)C. The maximum atomic E-state index is 11.1. The molecule has 0 bridgehead atoms. The molecule has 0 aromatic carbocycles. The smallest absolute Gasteiger partial charge is 0.440 e. The summed E-state index contributed by atoms with van der Waals surface area (Å²) in [4.78, 5) is 26.3. The Morgan fingerprint density at radius 2 is 2.00 bits per heavy atom. The molecule has 0 aromatic heterocycles. The van der Waals surface area contributed by atoms with Gasteiger partial charge in [0.2, 0.25) is 0 Å². The summed E-state index contributed by atoms with van der Waals surface area (Å²) in [6, 6.07) is 0. The van der Waals surface area contributed by atoms with E-state index in [2.05, 4.69) is 16.2 Å². The minimum Gasteiger partial charge on any atom is -0.448 e. The summed E-state index contributed by atoms with van der Waals surface area (Å²) in [7, 11) is -1.26. The molecule has 0 saturated carbocycles. The topological polar surface area (TPSA) is 64.6 Å². The molecule has 14 heavy (non-hydrogen) atoms. The van der Waals surface area contributed by atoms with Gasteiger partial charge in [0.1, 0.15) is 0 Å². The van der Waals surface area contributed by atoms with Crippen LogP contribution in [-0.4, -0.2) is 27.5 Å². The zero-order valence-corrected chi connectivity index (χ0v) is 9.78. The van der Waals surface area contributed by atoms with E-state index in [-0.39, 0.29) is 6.61 Å². The Bertz CT molecular complexity index is 239. The third kappa shape index (κ3) is 4.66. The molecule has 0 aliphatic carbocycles. The summed E-state index contributed by atoms with van der Waals surface area (Å²) in [6.07, 6.45) is -0.779. The van der Waals surface area contributed by atoms with Crippen LogP contribution in [0.3, 0.4) is 0 Å². The highest BCUT2D eigenvalue weighted by Gasteiger charge is 2.14. The first-order valence-corrected chi connectivity index (χ1v) is 7.20. The monoisotopic (exact) mass is 217 g/mol. The van der Waals surface area contributed by atoms with Crippen molar-refractivity contribution in [3.63, 3.8) is 0 Å². The number of rotatable bonds is 3. The fraction of sp³-hybridized carbons (Fsp3) is 0.500. The van der Waals surface area contributed by atoms with Crippen molar-refractivity contribution in [3.05, 3.63) is 11.8 Å². The fourth-order valence-electron chi connectivity index (χ4n) is 0.550. The van der Waals surface area contributed by atoms with Gasteiger partial charge in [0.05, 0.1) is 15.4 Å². The van der Waals surface area contributed by atoms with Crippen LogP contribution in [0.4, 0.5) is 4.79 Å². The normalized spacial score (nSPS) is 9.43. The first kappa shape index (κ1) is 12.7. The molecular weight excluding hydrogens is 202 g/mol. The van der Waals surface area contributed by atoms with E-state index in [0.717, 1.165) is 0 Å². The molecule has 1 amide bonds. The number of carbonyl (C=O) groups excluding carboxylic acids is 2. The van der Waals surface area contributed by atoms with Crippen molar-refractivity contribution >= 4 is 20.9 Å². The number of carbonyl (C=O) groups is 2. The van der Waals surface area contributed by atoms with Crippen molar-refractivity contribution in [1.29, 1.82) is 0 Å². The lowest BCUT2D eigenvalue weighted by atomic mass is 10.6. The van der Waals surface area contributed by atoms with Gasteiger partial charge in [0, 0.05) is 5.20 Å². The van der Waals surface area contributed by atoms with E-state index in [0.29, 0.717) is 5.20 Å². The van der Waals surface area contributed by atoms with Crippen molar-refractivity contribution in [2.75, 3.05) is 6.61 Å². The molecule has 0 atom stereocenters. The zero-order chi connectivity index (χ0) is 11.1. The van der Waals surface area contributed by atoms with E-state index >= 15 is 0 Å². The van der Waals surface area contributed by atoms with Crippen LogP contribution in [0.5, 0.6) is 0 Å². The zero-order valence-electron chi connectivity index (χ0n) is 8.62. The van der Waals surface area contributed by atoms with Gasteiger partial charge >= 0.3 is 12.1 Å². The van der Waals surface area contributed by atoms with Crippen LogP contribution in [0.25, 0.3) is 0 Å². The summed E-state index contributed by atoms with van der Waals surface area (Å²) in [5.74, 6) is -0.597. The second-order valence-corrected chi connectivity index (χ2v) is 5.90. The lowest BCUT2D eigenvalue weighted by Crippen LogP contribution is -2.30. The minimum atomic E-state index is -1.26. The molecule has 0 aliphatic rings. The number of nitrogens with one attached hydrogen (secondary N) is 1. The Labute approximate surface area is 84.6 Å². The molecule has 0 aromatic rings. The maximum absolute atomic E-state index is 11.1. The number of hydroxylamine groups is 1. The molecule has 80 valence electrons. The van der Waals surface area contributed by atoms with Crippen molar-refractivity contribution in [3.8, 4) is 0 Å². The summed E-state index contributed by atoms with van der Waals surface area (Å²) < 4.78 is 4.49. The Balaban J connectivity index is 3.85. The Hall–Kier alpha value is -1.30. The van der Waals surface area contributed by atoms with Crippen LogP contribution >= 0.6 is 0 Å². The minimum absolute atomic E-state index is 0.225. The summed E-state index contributed by atoms with van der Waals surface area (Å²) >= 11 is 0. The van der Waals surface area contributed by atoms with Gasteiger partial charge in [-0.3, -0.25) is 0 Å². The third-order valence-electron chi connectivity index (χ3n) is 1.46. The van der Waals surface area contributed by atoms with E-state index in [4.69, 9.17) is 0 Å². The number of hydrogen-bond donors (Lipinski definition) is 1. The second-order valence-electron chi connectivity index (χ2n) is 2.89. The molecule has 0 spiro atoms. The van der Waals surface area contributed by atoms with Crippen LogP contribution in [-0.2, 0) is 14.4 Å². The van der Waals surface area contributed by atoms with E-state index in [9.17, 15) is 9.59 Å². The highest BCUT2D eigenvalue weighted by molar-refractivity contribution is 6.69. The number of ether oxygens (including phenoxy) is 1. The molecule has 0 rings (SSSR count). The first-order valence-electron chi connectivity index (χ1n) is 4.31. The highest BCUT2D eigenvalue weighted by Crippen LogP contribution is 1.99. The van der Waals surface area contributed by atoms with Crippen molar-refractivity contribution < 1.29 is 19.2 Å². The van der Waals surface area contributed by atoms with Crippen molar-refractivity contribution in [2.24, 2.45) is 0 Å². The Kier molecular flexibility index (Phi) is 5.62. The summed E-state index contributed by atoms with van der Waals surface area (Å²) in [5, 5.41) is 0.432. The van der Waals surface area contributed by atoms with Gasteiger partial charge in [0.15, 0.2) is 0 Å². The van der Waals surface area contributed by atoms with E-state index in [1.165, 1.54) is 0 Å². The Morgan fingerprint density at radius 1 is 1.43 bits per heavy atom. The fourth-order valence-corrected chi connectivity index (χ4v) is 1.08. The van der Waals surface area contributed by atoms with Gasteiger partial charge < -0.3 is 9.57 Å². The molecule has 5 nitrogen and oxygen atoms in total. The molecular formula is C8H15NO4Si. The van der Waals surface area contributed by atoms with Crippen molar-refractivity contribution in [1.82, 2.24) is 5.48 Å². The Morgan fingerprint density at radius 3 is 2.43 bits per heavy atom. The predicted molar refractivity (Wildman–Crippen MR) is 54.3 cm³/mol. The van der Waals surface area contributed by atoms with E-state index in [1.807, 2.05) is 18.6 Å². The van der Waals surface area contributed by atoms with Gasteiger partial charge in [-0.25, -0.2) is 9.59 Å². The average Bonchev–Trinajstić information content (AvgIpc) is 2.13. The lowest BCUT2D eigenvalue weighted by molar-refractivity contribution is -0.144. The van der Waals surface area contributed by atoms with Crippen LogP contribution in [0.15, 0.2) is 11.8 Å². The maximum Gasteiger partial charge on any atom is 0.440 e. The van der Waals surface area contributed by atoms with E-state index in [1.54, 1.807) is 6.92 Å². The van der Waals surface area contributed by atoms with Gasteiger partial charge in [-0.2, -0.15) is 0 Å². The predicted octanol–water partition coefficient (Wildman–Crippen LogP) is 0.773. The highest BCUT2D eigenvalue weighted by atomic mass is 28.3. The number of hydrogen-bond acceptors (Lipinski definition) is 4. The first-order chi connectivity index (χ1) is 6.49.